The number of hydrogen-bond donors (Lipinski definition) is 0. The standard InChI is InChI=1S/C12H12F2O2/c1-2-3-4-7-16-12(15)10-6-5-9(13)8-11(10)14/h2,5-6,8H,1,3-4,7H2. The van der Waals surface area contributed by atoms with Crippen LogP contribution in [0.3, 0.4) is 0 Å². The Morgan fingerprint density at radius 3 is 2.81 bits per heavy atom. The van der Waals surface area contributed by atoms with E-state index in [2.05, 4.69) is 6.58 Å². The van der Waals surface area contributed by atoms with Crippen LogP contribution in [0.25, 0.3) is 0 Å². The van der Waals surface area contributed by atoms with Crippen LogP contribution in [-0.4, -0.2) is 12.6 Å². The van der Waals surface area contributed by atoms with Crippen molar-refractivity contribution >= 4 is 5.97 Å². The quantitative estimate of drug-likeness (QED) is 0.438. The van der Waals surface area contributed by atoms with E-state index in [1.54, 1.807) is 6.08 Å². The minimum absolute atomic E-state index is 0.196. The number of ether oxygens (including phenoxy) is 1. The Labute approximate surface area is 92.5 Å². The summed E-state index contributed by atoms with van der Waals surface area (Å²) < 4.78 is 30.5. The molecule has 2 nitrogen and oxygen atoms in total. The van der Waals surface area contributed by atoms with Crippen molar-refractivity contribution in [1.29, 1.82) is 0 Å². The average Bonchev–Trinajstić information content (AvgIpc) is 2.24. The molecule has 0 heterocycles. The number of rotatable bonds is 5. The number of allylic oxidation sites excluding steroid dienone is 1. The van der Waals surface area contributed by atoms with Crippen molar-refractivity contribution in [3.8, 4) is 0 Å². The Kier molecular flexibility index (Phi) is 4.64. The Hall–Kier alpha value is -1.71. The molecule has 0 atom stereocenters. The molecule has 0 fully saturated rings. The lowest BCUT2D eigenvalue weighted by Crippen LogP contribution is -2.08. The minimum atomic E-state index is -0.909. The zero-order chi connectivity index (χ0) is 12.0. The molecule has 0 aromatic heterocycles. The highest BCUT2D eigenvalue weighted by Crippen LogP contribution is 2.11. The molecule has 86 valence electrons. The summed E-state index contributed by atoms with van der Waals surface area (Å²) in [4.78, 5) is 11.3. The lowest BCUT2D eigenvalue weighted by Gasteiger charge is -2.04. The summed E-state index contributed by atoms with van der Waals surface area (Å²) in [5.41, 5.74) is -0.250. The highest BCUT2D eigenvalue weighted by molar-refractivity contribution is 5.89. The summed E-state index contributed by atoms with van der Waals surface area (Å²) in [6, 6.07) is 2.74. The highest BCUT2D eigenvalue weighted by Gasteiger charge is 2.13. The first kappa shape index (κ1) is 12.4. The molecular weight excluding hydrogens is 214 g/mol. The second kappa shape index (κ2) is 6.00. The molecule has 1 aromatic rings. The topological polar surface area (TPSA) is 26.3 Å². The smallest absolute Gasteiger partial charge is 0.341 e. The molecule has 0 saturated heterocycles. The summed E-state index contributed by atoms with van der Waals surface area (Å²) >= 11 is 0. The number of unbranched alkanes of at least 4 members (excludes halogenated alkanes) is 1. The monoisotopic (exact) mass is 226 g/mol. The van der Waals surface area contributed by atoms with E-state index >= 15 is 0 Å². The summed E-state index contributed by atoms with van der Waals surface area (Å²) in [5, 5.41) is 0. The van der Waals surface area contributed by atoms with E-state index in [0.29, 0.717) is 12.5 Å². The fraction of sp³-hybridized carbons (Fsp3) is 0.250. The predicted octanol–water partition coefficient (Wildman–Crippen LogP) is 3.09. The zero-order valence-corrected chi connectivity index (χ0v) is 8.71. The van der Waals surface area contributed by atoms with Gasteiger partial charge < -0.3 is 4.74 Å². The number of benzene rings is 1. The Morgan fingerprint density at radius 2 is 2.19 bits per heavy atom. The van der Waals surface area contributed by atoms with Crippen LogP contribution in [0.5, 0.6) is 0 Å². The largest absolute Gasteiger partial charge is 0.462 e. The van der Waals surface area contributed by atoms with E-state index < -0.39 is 17.6 Å². The maximum Gasteiger partial charge on any atom is 0.341 e. The van der Waals surface area contributed by atoms with Crippen LogP contribution in [-0.2, 0) is 4.74 Å². The van der Waals surface area contributed by atoms with Crippen LogP contribution in [0, 0.1) is 11.6 Å². The lowest BCUT2D eigenvalue weighted by atomic mass is 10.2. The molecule has 0 saturated carbocycles. The van der Waals surface area contributed by atoms with Gasteiger partial charge in [-0.05, 0) is 25.0 Å². The maximum absolute atomic E-state index is 13.1. The molecule has 1 aromatic carbocycles. The molecule has 0 aliphatic rings. The molecule has 4 heteroatoms. The summed E-state index contributed by atoms with van der Waals surface area (Å²) in [6.07, 6.45) is 3.06. The molecule has 16 heavy (non-hydrogen) atoms. The molecular formula is C12H12F2O2. The van der Waals surface area contributed by atoms with Crippen molar-refractivity contribution in [2.45, 2.75) is 12.8 Å². The third kappa shape index (κ3) is 3.46. The minimum Gasteiger partial charge on any atom is -0.462 e. The normalized spacial score (nSPS) is 9.88. The molecule has 0 aliphatic carbocycles. The van der Waals surface area contributed by atoms with E-state index in [-0.39, 0.29) is 12.2 Å². The van der Waals surface area contributed by atoms with E-state index in [1.807, 2.05) is 0 Å². The van der Waals surface area contributed by atoms with Gasteiger partial charge in [-0.25, -0.2) is 13.6 Å². The fourth-order valence-electron chi connectivity index (χ4n) is 1.13. The average molecular weight is 226 g/mol. The molecule has 0 bridgehead atoms. The molecule has 1 rings (SSSR count). The van der Waals surface area contributed by atoms with Gasteiger partial charge in [0.25, 0.3) is 0 Å². The van der Waals surface area contributed by atoms with E-state index in [9.17, 15) is 13.6 Å². The first-order valence-electron chi connectivity index (χ1n) is 4.88. The van der Waals surface area contributed by atoms with E-state index in [4.69, 9.17) is 4.74 Å². The maximum atomic E-state index is 13.1. The molecule has 0 radical (unpaired) electrons. The van der Waals surface area contributed by atoms with E-state index in [0.717, 1.165) is 18.6 Å². The summed E-state index contributed by atoms with van der Waals surface area (Å²) in [6.45, 7) is 3.71. The highest BCUT2D eigenvalue weighted by atomic mass is 19.1. The van der Waals surface area contributed by atoms with Gasteiger partial charge in [-0.3, -0.25) is 0 Å². The Bertz CT molecular complexity index is 389. The number of esters is 1. The van der Waals surface area contributed by atoms with Gasteiger partial charge >= 0.3 is 5.97 Å². The van der Waals surface area contributed by atoms with Gasteiger partial charge in [0.1, 0.15) is 11.6 Å². The number of halogens is 2. The van der Waals surface area contributed by atoms with Crippen molar-refractivity contribution < 1.29 is 18.3 Å². The molecule has 0 unspecified atom stereocenters. The fourth-order valence-corrected chi connectivity index (χ4v) is 1.13. The van der Waals surface area contributed by atoms with Crippen LogP contribution < -0.4 is 0 Å². The van der Waals surface area contributed by atoms with Gasteiger partial charge in [0, 0.05) is 6.07 Å². The van der Waals surface area contributed by atoms with Gasteiger partial charge in [-0.1, -0.05) is 6.08 Å². The van der Waals surface area contributed by atoms with Crippen LogP contribution in [0.15, 0.2) is 30.9 Å². The number of hydrogen-bond acceptors (Lipinski definition) is 2. The predicted molar refractivity (Wildman–Crippen MR) is 56.1 cm³/mol. The van der Waals surface area contributed by atoms with Crippen LogP contribution in [0.1, 0.15) is 23.2 Å². The van der Waals surface area contributed by atoms with Gasteiger partial charge in [0.15, 0.2) is 0 Å². The molecule has 0 aliphatic heterocycles. The molecule has 0 amide bonds. The van der Waals surface area contributed by atoms with Crippen molar-refractivity contribution in [2.24, 2.45) is 0 Å². The second-order valence-electron chi connectivity index (χ2n) is 3.19. The van der Waals surface area contributed by atoms with Crippen molar-refractivity contribution in [1.82, 2.24) is 0 Å². The van der Waals surface area contributed by atoms with Gasteiger partial charge in [-0.2, -0.15) is 0 Å². The summed E-state index contributed by atoms with van der Waals surface area (Å²) in [7, 11) is 0. The third-order valence-corrected chi connectivity index (χ3v) is 1.94. The third-order valence-electron chi connectivity index (χ3n) is 1.94. The van der Waals surface area contributed by atoms with Crippen molar-refractivity contribution in [2.75, 3.05) is 6.61 Å². The first-order valence-corrected chi connectivity index (χ1v) is 4.88. The number of carbonyl (C=O) groups excluding carboxylic acids is 1. The second-order valence-corrected chi connectivity index (χ2v) is 3.19. The van der Waals surface area contributed by atoms with Gasteiger partial charge in [-0.15, -0.1) is 6.58 Å². The Balaban J connectivity index is 2.56. The van der Waals surface area contributed by atoms with Crippen molar-refractivity contribution in [3.63, 3.8) is 0 Å². The van der Waals surface area contributed by atoms with Crippen LogP contribution in [0.4, 0.5) is 8.78 Å². The van der Waals surface area contributed by atoms with Gasteiger partial charge in [0.2, 0.25) is 0 Å². The molecule has 0 spiro atoms. The van der Waals surface area contributed by atoms with Crippen LogP contribution in [0.2, 0.25) is 0 Å². The lowest BCUT2D eigenvalue weighted by molar-refractivity contribution is 0.0496. The molecule has 0 N–H and O–H groups in total. The Morgan fingerprint density at radius 1 is 1.44 bits per heavy atom. The number of carbonyl (C=O) groups is 1. The van der Waals surface area contributed by atoms with Gasteiger partial charge in [0.05, 0.1) is 12.2 Å². The summed E-state index contributed by atoms with van der Waals surface area (Å²) in [5.74, 6) is -2.41. The van der Waals surface area contributed by atoms with Crippen LogP contribution >= 0.6 is 0 Å². The SMILES string of the molecule is C=CCCCOC(=O)c1ccc(F)cc1F. The zero-order valence-electron chi connectivity index (χ0n) is 8.71. The van der Waals surface area contributed by atoms with Crippen molar-refractivity contribution in [3.05, 3.63) is 48.1 Å². The van der Waals surface area contributed by atoms with E-state index in [1.165, 1.54) is 0 Å². The first-order chi connectivity index (χ1) is 7.65.